The van der Waals surface area contributed by atoms with Gasteiger partial charge in [-0.25, -0.2) is 15.0 Å². The summed E-state index contributed by atoms with van der Waals surface area (Å²) in [7, 11) is 0. The SMILES string of the molecule is CC1c2cc3c(cc2C2(CCCC2)CN1Cc1csc(-c2ncccn2)n1)OCCO3. The molecule has 2 aliphatic heterocycles. The number of fused-ring (bicyclic) bond motifs is 3. The number of thiazole rings is 1. The van der Waals surface area contributed by atoms with Crippen LogP contribution < -0.4 is 9.47 Å². The van der Waals surface area contributed by atoms with Gasteiger partial charge in [-0.3, -0.25) is 4.90 Å². The summed E-state index contributed by atoms with van der Waals surface area (Å²) in [6.07, 6.45) is 8.60. The molecule has 1 aromatic carbocycles. The van der Waals surface area contributed by atoms with Gasteiger partial charge in [-0.2, -0.15) is 0 Å². The van der Waals surface area contributed by atoms with Gasteiger partial charge in [-0.1, -0.05) is 12.8 Å². The van der Waals surface area contributed by atoms with E-state index in [-0.39, 0.29) is 5.41 Å². The normalized spacial score (nSPS) is 21.9. The molecule has 160 valence electrons. The number of hydrogen-bond acceptors (Lipinski definition) is 7. The summed E-state index contributed by atoms with van der Waals surface area (Å²) in [5, 5.41) is 3.04. The zero-order chi connectivity index (χ0) is 20.8. The number of nitrogens with zero attached hydrogens (tertiary/aromatic N) is 4. The third-order valence-electron chi connectivity index (χ3n) is 7.02. The molecule has 1 fully saturated rings. The maximum Gasteiger partial charge on any atom is 0.188 e. The second-order valence-corrected chi connectivity index (χ2v) is 9.73. The van der Waals surface area contributed by atoms with E-state index in [0.29, 0.717) is 25.1 Å². The lowest BCUT2D eigenvalue weighted by molar-refractivity contribution is 0.124. The minimum absolute atomic E-state index is 0.207. The van der Waals surface area contributed by atoms with Crippen LogP contribution in [0, 0.1) is 0 Å². The van der Waals surface area contributed by atoms with E-state index in [0.717, 1.165) is 35.3 Å². The Morgan fingerprint density at radius 2 is 1.84 bits per heavy atom. The van der Waals surface area contributed by atoms with E-state index in [1.165, 1.54) is 36.8 Å². The molecule has 1 unspecified atom stereocenters. The monoisotopic (exact) mass is 434 g/mol. The lowest BCUT2D eigenvalue weighted by Crippen LogP contribution is -2.45. The van der Waals surface area contributed by atoms with Crippen LogP contribution in [0.25, 0.3) is 10.8 Å². The molecule has 4 heterocycles. The lowest BCUT2D eigenvalue weighted by Gasteiger charge is -2.46. The van der Waals surface area contributed by atoms with Gasteiger partial charge >= 0.3 is 0 Å². The topological polar surface area (TPSA) is 60.4 Å². The Kier molecular flexibility index (Phi) is 4.69. The summed E-state index contributed by atoms with van der Waals surface area (Å²) in [6, 6.07) is 6.66. The van der Waals surface area contributed by atoms with E-state index in [9.17, 15) is 0 Å². The molecule has 7 heteroatoms. The van der Waals surface area contributed by atoms with Crippen LogP contribution in [-0.2, 0) is 12.0 Å². The zero-order valence-corrected chi connectivity index (χ0v) is 18.5. The van der Waals surface area contributed by atoms with Crippen molar-refractivity contribution < 1.29 is 9.47 Å². The van der Waals surface area contributed by atoms with Crippen molar-refractivity contribution in [1.29, 1.82) is 0 Å². The Bertz CT molecular complexity index is 1090. The molecule has 31 heavy (non-hydrogen) atoms. The van der Waals surface area contributed by atoms with Crippen LogP contribution in [0.4, 0.5) is 0 Å². The van der Waals surface area contributed by atoms with E-state index in [1.807, 2.05) is 6.07 Å². The third-order valence-corrected chi connectivity index (χ3v) is 7.91. The molecule has 1 atom stereocenters. The van der Waals surface area contributed by atoms with E-state index in [4.69, 9.17) is 14.5 Å². The highest BCUT2D eigenvalue weighted by Crippen LogP contribution is 2.52. The summed E-state index contributed by atoms with van der Waals surface area (Å²) >= 11 is 1.62. The molecule has 1 spiro atoms. The zero-order valence-electron chi connectivity index (χ0n) is 17.7. The quantitative estimate of drug-likeness (QED) is 0.592. The second-order valence-electron chi connectivity index (χ2n) is 8.87. The molecule has 3 aliphatic rings. The number of rotatable bonds is 3. The van der Waals surface area contributed by atoms with Crippen LogP contribution in [0.2, 0.25) is 0 Å². The van der Waals surface area contributed by atoms with Crippen LogP contribution in [0.1, 0.15) is 55.5 Å². The maximum absolute atomic E-state index is 5.94. The second kappa shape index (κ2) is 7.57. The van der Waals surface area contributed by atoms with Crippen molar-refractivity contribution in [3.8, 4) is 22.3 Å². The largest absolute Gasteiger partial charge is 0.486 e. The van der Waals surface area contributed by atoms with Crippen molar-refractivity contribution >= 4 is 11.3 Å². The van der Waals surface area contributed by atoms with E-state index < -0.39 is 0 Å². The molecular formula is C24H26N4O2S. The van der Waals surface area contributed by atoms with E-state index in [1.54, 1.807) is 23.7 Å². The predicted molar refractivity (Wildman–Crippen MR) is 120 cm³/mol. The summed E-state index contributed by atoms with van der Waals surface area (Å²) in [5.74, 6) is 2.51. The van der Waals surface area contributed by atoms with Gasteiger partial charge in [0.15, 0.2) is 22.3 Å². The molecule has 0 radical (unpaired) electrons. The summed E-state index contributed by atoms with van der Waals surface area (Å²) in [4.78, 5) is 16.1. The Morgan fingerprint density at radius 1 is 1.10 bits per heavy atom. The number of benzene rings is 1. The van der Waals surface area contributed by atoms with Gasteiger partial charge in [-0.15, -0.1) is 11.3 Å². The average molecular weight is 435 g/mol. The lowest BCUT2D eigenvalue weighted by atomic mass is 9.71. The van der Waals surface area contributed by atoms with Crippen molar-refractivity contribution in [2.45, 2.75) is 50.6 Å². The summed E-state index contributed by atoms with van der Waals surface area (Å²) < 4.78 is 11.9. The fraction of sp³-hybridized carbons (Fsp3) is 0.458. The van der Waals surface area contributed by atoms with Crippen molar-refractivity contribution in [2.75, 3.05) is 19.8 Å². The van der Waals surface area contributed by atoms with Gasteiger partial charge in [0.05, 0.1) is 5.69 Å². The minimum atomic E-state index is 0.207. The molecule has 0 bridgehead atoms. The predicted octanol–water partition coefficient (Wildman–Crippen LogP) is 4.76. The van der Waals surface area contributed by atoms with Gasteiger partial charge in [0.25, 0.3) is 0 Å². The highest BCUT2D eigenvalue weighted by Gasteiger charge is 2.45. The minimum Gasteiger partial charge on any atom is -0.486 e. The first-order chi connectivity index (χ1) is 15.2. The van der Waals surface area contributed by atoms with Gasteiger partial charge in [0, 0.05) is 42.3 Å². The molecule has 6 nitrogen and oxygen atoms in total. The molecule has 2 aromatic heterocycles. The van der Waals surface area contributed by atoms with Crippen LogP contribution in [-0.4, -0.2) is 39.6 Å². The molecule has 6 rings (SSSR count). The number of hydrogen-bond donors (Lipinski definition) is 0. The number of aromatic nitrogens is 3. The molecule has 1 saturated carbocycles. The van der Waals surface area contributed by atoms with Crippen molar-refractivity contribution in [3.05, 3.63) is 52.8 Å². The number of ether oxygens (including phenoxy) is 2. The Labute approximate surface area is 186 Å². The van der Waals surface area contributed by atoms with Gasteiger partial charge in [-0.05, 0) is 49.1 Å². The summed E-state index contributed by atoms with van der Waals surface area (Å²) in [5.41, 5.74) is 4.17. The van der Waals surface area contributed by atoms with E-state index in [2.05, 4.69) is 39.3 Å². The van der Waals surface area contributed by atoms with Crippen LogP contribution >= 0.6 is 11.3 Å². The molecular weight excluding hydrogens is 408 g/mol. The molecule has 0 saturated heterocycles. The highest BCUT2D eigenvalue weighted by molar-refractivity contribution is 7.13. The smallest absolute Gasteiger partial charge is 0.188 e. The van der Waals surface area contributed by atoms with Gasteiger partial charge in [0.1, 0.15) is 13.2 Å². The van der Waals surface area contributed by atoms with Crippen LogP contribution in [0.3, 0.4) is 0 Å². The Hall–Kier alpha value is -2.51. The fourth-order valence-corrected chi connectivity index (χ4v) is 6.24. The van der Waals surface area contributed by atoms with Crippen molar-refractivity contribution in [1.82, 2.24) is 19.9 Å². The summed E-state index contributed by atoms with van der Waals surface area (Å²) in [6.45, 7) is 5.47. The highest BCUT2D eigenvalue weighted by atomic mass is 32.1. The third kappa shape index (κ3) is 3.31. The first kappa shape index (κ1) is 19.2. The first-order valence-electron chi connectivity index (χ1n) is 11.1. The Balaban J connectivity index is 1.34. The standard InChI is InChI=1S/C24H26N4O2S/c1-16-18-11-20-21(30-10-9-29-20)12-19(18)24(5-2-3-6-24)15-28(16)13-17-14-31-23(27-17)22-25-7-4-8-26-22/h4,7-8,11-12,14,16H,2-3,5-6,9-10,13,15H2,1H3. The fourth-order valence-electron chi connectivity index (χ4n) is 5.49. The molecule has 1 aliphatic carbocycles. The van der Waals surface area contributed by atoms with Crippen molar-refractivity contribution in [2.24, 2.45) is 0 Å². The maximum atomic E-state index is 5.94. The molecule has 0 amide bonds. The van der Waals surface area contributed by atoms with Gasteiger partial charge < -0.3 is 9.47 Å². The molecule has 3 aromatic rings. The van der Waals surface area contributed by atoms with Crippen LogP contribution in [0.5, 0.6) is 11.5 Å². The van der Waals surface area contributed by atoms with E-state index >= 15 is 0 Å². The van der Waals surface area contributed by atoms with Gasteiger partial charge in [0.2, 0.25) is 0 Å². The average Bonchev–Trinajstić information content (AvgIpc) is 3.48. The van der Waals surface area contributed by atoms with Crippen LogP contribution in [0.15, 0.2) is 36.0 Å². The first-order valence-corrected chi connectivity index (χ1v) is 12.0. The Morgan fingerprint density at radius 3 is 2.61 bits per heavy atom. The van der Waals surface area contributed by atoms with Crippen molar-refractivity contribution in [3.63, 3.8) is 0 Å². The molecule has 0 N–H and O–H groups in total.